The molecule has 0 bridgehead atoms. The standard InChI is InChI=1S/C23H30O4/c1-15-11-19(12-16(2)21(15)26-9-7-24)23(5-6-23)20-13-17(3)22(18(4)14-20)27-10-8-25/h11-14,24-25H,5-10H2,1-4H3. The Bertz CT molecular complexity index is 710. The fourth-order valence-electron chi connectivity index (χ4n) is 4.07. The Morgan fingerprint density at radius 2 is 1.04 bits per heavy atom. The maximum atomic E-state index is 9.03. The molecule has 0 radical (unpaired) electrons. The maximum Gasteiger partial charge on any atom is 0.125 e. The fourth-order valence-corrected chi connectivity index (χ4v) is 4.07. The van der Waals surface area contributed by atoms with E-state index in [9.17, 15) is 0 Å². The van der Waals surface area contributed by atoms with Crippen molar-refractivity contribution in [3.63, 3.8) is 0 Å². The summed E-state index contributed by atoms with van der Waals surface area (Å²) < 4.78 is 11.4. The molecule has 2 N–H and O–H groups in total. The molecule has 0 heterocycles. The Morgan fingerprint density at radius 3 is 1.30 bits per heavy atom. The van der Waals surface area contributed by atoms with Crippen molar-refractivity contribution in [3.05, 3.63) is 57.6 Å². The summed E-state index contributed by atoms with van der Waals surface area (Å²) in [7, 11) is 0. The highest BCUT2D eigenvalue weighted by Gasteiger charge is 2.46. The van der Waals surface area contributed by atoms with Crippen LogP contribution in [0, 0.1) is 27.7 Å². The molecule has 0 spiro atoms. The smallest absolute Gasteiger partial charge is 0.125 e. The molecule has 4 heteroatoms. The van der Waals surface area contributed by atoms with Gasteiger partial charge in [-0.2, -0.15) is 0 Å². The summed E-state index contributed by atoms with van der Waals surface area (Å²) in [6.45, 7) is 8.97. The zero-order chi connectivity index (χ0) is 19.6. The van der Waals surface area contributed by atoms with Gasteiger partial charge < -0.3 is 19.7 Å². The predicted octanol–water partition coefficient (Wildman–Crippen LogP) is 3.74. The lowest BCUT2D eigenvalue weighted by Gasteiger charge is -2.22. The van der Waals surface area contributed by atoms with Crippen molar-refractivity contribution in [2.24, 2.45) is 0 Å². The summed E-state index contributed by atoms with van der Waals surface area (Å²) in [5.41, 5.74) is 7.17. The minimum Gasteiger partial charge on any atom is -0.491 e. The van der Waals surface area contributed by atoms with E-state index < -0.39 is 0 Å². The van der Waals surface area contributed by atoms with E-state index in [-0.39, 0.29) is 18.6 Å². The highest BCUT2D eigenvalue weighted by Crippen LogP contribution is 2.55. The first-order valence-corrected chi connectivity index (χ1v) is 9.63. The average molecular weight is 370 g/mol. The third-order valence-corrected chi connectivity index (χ3v) is 5.45. The van der Waals surface area contributed by atoms with Crippen LogP contribution in [-0.4, -0.2) is 36.6 Å². The Labute approximate surface area is 161 Å². The van der Waals surface area contributed by atoms with Gasteiger partial charge in [0, 0.05) is 5.41 Å². The van der Waals surface area contributed by atoms with Gasteiger partial charge in [-0.15, -0.1) is 0 Å². The molecular formula is C23H30O4. The molecule has 2 aromatic rings. The second kappa shape index (κ2) is 7.91. The topological polar surface area (TPSA) is 58.9 Å². The Balaban J connectivity index is 1.96. The number of aliphatic hydroxyl groups excluding tert-OH is 2. The molecule has 27 heavy (non-hydrogen) atoms. The monoisotopic (exact) mass is 370 g/mol. The first-order chi connectivity index (χ1) is 12.9. The molecule has 0 atom stereocenters. The summed E-state index contributed by atoms with van der Waals surface area (Å²) in [6.07, 6.45) is 2.27. The van der Waals surface area contributed by atoms with Crippen molar-refractivity contribution in [1.29, 1.82) is 0 Å². The van der Waals surface area contributed by atoms with Gasteiger partial charge >= 0.3 is 0 Å². The van der Waals surface area contributed by atoms with Crippen LogP contribution < -0.4 is 9.47 Å². The van der Waals surface area contributed by atoms with Gasteiger partial charge in [0.05, 0.1) is 13.2 Å². The highest BCUT2D eigenvalue weighted by atomic mass is 16.5. The van der Waals surface area contributed by atoms with E-state index >= 15 is 0 Å². The molecule has 0 aliphatic heterocycles. The Hall–Kier alpha value is -2.04. The van der Waals surface area contributed by atoms with Gasteiger partial charge in [0.1, 0.15) is 24.7 Å². The predicted molar refractivity (Wildman–Crippen MR) is 107 cm³/mol. The average Bonchev–Trinajstić information content (AvgIpc) is 3.42. The molecule has 0 unspecified atom stereocenters. The number of benzene rings is 2. The number of ether oxygens (including phenoxy) is 2. The second-order valence-corrected chi connectivity index (χ2v) is 7.60. The number of aliphatic hydroxyl groups is 2. The van der Waals surface area contributed by atoms with Crippen LogP contribution in [0.1, 0.15) is 46.2 Å². The molecule has 2 aromatic carbocycles. The van der Waals surface area contributed by atoms with E-state index in [1.165, 1.54) is 11.1 Å². The van der Waals surface area contributed by atoms with Gasteiger partial charge in [0.25, 0.3) is 0 Å². The highest BCUT2D eigenvalue weighted by molar-refractivity contribution is 5.55. The molecular weight excluding hydrogens is 340 g/mol. The van der Waals surface area contributed by atoms with E-state index in [4.69, 9.17) is 19.7 Å². The lowest BCUT2D eigenvalue weighted by atomic mass is 9.84. The first kappa shape index (κ1) is 19.7. The molecule has 1 fully saturated rings. The van der Waals surface area contributed by atoms with Gasteiger partial charge in [-0.05, 0) is 73.9 Å². The van der Waals surface area contributed by atoms with Crippen LogP contribution in [-0.2, 0) is 5.41 Å². The van der Waals surface area contributed by atoms with Crippen molar-refractivity contribution in [2.75, 3.05) is 26.4 Å². The van der Waals surface area contributed by atoms with Gasteiger partial charge in [-0.3, -0.25) is 0 Å². The van der Waals surface area contributed by atoms with E-state index in [2.05, 4.69) is 52.0 Å². The molecule has 0 amide bonds. The van der Waals surface area contributed by atoms with Crippen LogP contribution >= 0.6 is 0 Å². The molecule has 1 aliphatic carbocycles. The third kappa shape index (κ3) is 3.83. The summed E-state index contributed by atoms with van der Waals surface area (Å²) in [4.78, 5) is 0. The third-order valence-electron chi connectivity index (χ3n) is 5.45. The van der Waals surface area contributed by atoms with Crippen LogP contribution in [0.4, 0.5) is 0 Å². The van der Waals surface area contributed by atoms with Crippen LogP contribution in [0.5, 0.6) is 11.5 Å². The molecule has 0 aromatic heterocycles. The second-order valence-electron chi connectivity index (χ2n) is 7.60. The minimum atomic E-state index is 0.0217. The van der Waals surface area contributed by atoms with Crippen molar-refractivity contribution in [3.8, 4) is 11.5 Å². The minimum absolute atomic E-state index is 0.0217. The molecule has 1 aliphatic rings. The molecule has 0 saturated heterocycles. The van der Waals surface area contributed by atoms with Crippen molar-refractivity contribution in [1.82, 2.24) is 0 Å². The maximum absolute atomic E-state index is 9.03. The van der Waals surface area contributed by atoms with Crippen LogP contribution in [0.3, 0.4) is 0 Å². The zero-order valence-electron chi connectivity index (χ0n) is 16.8. The summed E-state index contributed by atoms with van der Waals surface area (Å²) in [5, 5.41) is 18.1. The number of rotatable bonds is 8. The van der Waals surface area contributed by atoms with E-state index in [0.717, 1.165) is 46.6 Å². The van der Waals surface area contributed by atoms with E-state index in [1.54, 1.807) is 0 Å². The Kier molecular flexibility index (Phi) is 5.78. The van der Waals surface area contributed by atoms with Crippen molar-refractivity contribution < 1.29 is 19.7 Å². The van der Waals surface area contributed by atoms with Crippen LogP contribution in [0.15, 0.2) is 24.3 Å². The molecule has 4 nitrogen and oxygen atoms in total. The van der Waals surface area contributed by atoms with Crippen molar-refractivity contribution in [2.45, 2.75) is 46.0 Å². The van der Waals surface area contributed by atoms with Crippen LogP contribution in [0.2, 0.25) is 0 Å². The first-order valence-electron chi connectivity index (χ1n) is 9.63. The summed E-state index contributed by atoms with van der Waals surface area (Å²) in [6, 6.07) is 8.92. The van der Waals surface area contributed by atoms with Gasteiger partial charge in [0.2, 0.25) is 0 Å². The summed E-state index contributed by atoms with van der Waals surface area (Å²) in [5.74, 6) is 1.76. The fraction of sp³-hybridized carbons (Fsp3) is 0.478. The van der Waals surface area contributed by atoms with Gasteiger partial charge in [-0.1, -0.05) is 24.3 Å². The lowest BCUT2D eigenvalue weighted by molar-refractivity contribution is 0.200. The number of hydrogen-bond acceptors (Lipinski definition) is 4. The summed E-state index contributed by atoms with van der Waals surface area (Å²) >= 11 is 0. The lowest BCUT2D eigenvalue weighted by Crippen LogP contribution is -2.12. The normalized spacial score (nSPS) is 14.9. The van der Waals surface area contributed by atoms with E-state index in [1.807, 2.05) is 0 Å². The Morgan fingerprint density at radius 1 is 0.704 bits per heavy atom. The molecule has 1 saturated carbocycles. The number of hydrogen-bond donors (Lipinski definition) is 2. The van der Waals surface area contributed by atoms with E-state index in [0.29, 0.717) is 13.2 Å². The number of aryl methyl sites for hydroxylation is 4. The van der Waals surface area contributed by atoms with Crippen molar-refractivity contribution >= 4 is 0 Å². The quantitative estimate of drug-likeness (QED) is 0.743. The molecule has 3 rings (SSSR count). The molecule has 146 valence electrons. The SMILES string of the molecule is Cc1cc(C2(c3cc(C)c(OCCO)c(C)c3)CC2)cc(C)c1OCCO. The largest absolute Gasteiger partial charge is 0.491 e. The van der Waals surface area contributed by atoms with Gasteiger partial charge in [0.15, 0.2) is 0 Å². The van der Waals surface area contributed by atoms with Gasteiger partial charge in [-0.25, -0.2) is 0 Å². The zero-order valence-corrected chi connectivity index (χ0v) is 16.8. The van der Waals surface area contributed by atoms with Crippen LogP contribution in [0.25, 0.3) is 0 Å².